The molecular weight excluding hydrogens is 244 g/mol. The maximum atomic E-state index is 11.7. The number of carbonyl (C=O) groups is 1. The fraction of sp³-hybridized carbons (Fsp3) is 0.769. The summed E-state index contributed by atoms with van der Waals surface area (Å²) in [6.07, 6.45) is 5.10. The Hall–Kier alpha value is -1.59. The molecule has 1 amide bonds. The molecule has 1 fully saturated rings. The van der Waals surface area contributed by atoms with Gasteiger partial charge in [0.2, 0.25) is 0 Å². The van der Waals surface area contributed by atoms with E-state index in [1.807, 2.05) is 20.8 Å². The highest BCUT2D eigenvalue weighted by atomic mass is 16.6. The fourth-order valence-corrected chi connectivity index (χ4v) is 2.33. The third-order valence-corrected chi connectivity index (χ3v) is 3.19. The highest BCUT2D eigenvalue weighted by Gasteiger charge is 2.25. The van der Waals surface area contributed by atoms with Crippen molar-refractivity contribution in [1.82, 2.24) is 20.3 Å². The van der Waals surface area contributed by atoms with Gasteiger partial charge in [-0.25, -0.2) is 9.48 Å². The van der Waals surface area contributed by atoms with E-state index in [0.29, 0.717) is 0 Å². The minimum atomic E-state index is -0.466. The van der Waals surface area contributed by atoms with Crippen LogP contribution in [0.25, 0.3) is 0 Å². The van der Waals surface area contributed by atoms with Crippen LogP contribution in [0.15, 0.2) is 12.4 Å². The first kappa shape index (κ1) is 12.4. The Morgan fingerprint density at radius 3 is 2.63 bits per heavy atom. The molecule has 0 bridgehead atoms. The molecule has 1 saturated carbocycles. The second kappa shape index (κ2) is 5.59. The van der Waals surface area contributed by atoms with Gasteiger partial charge in [-0.1, -0.05) is 5.21 Å². The van der Waals surface area contributed by atoms with Crippen LogP contribution in [0, 0.1) is 0 Å². The van der Waals surface area contributed by atoms with Crippen molar-refractivity contribution in [1.29, 1.82) is 0 Å². The number of aromatic nitrogens is 3. The average Bonchev–Trinajstić information content (AvgIpc) is 2.74. The van der Waals surface area contributed by atoms with Gasteiger partial charge in [-0.15, -0.1) is 5.10 Å². The lowest BCUT2D eigenvalue weighted by molar-refractivity contribution is 0.0487. The Bertz CT molecular complexity index is 461. The monoisotopic (exact) mass is 268 g/mol. The van der Waals surface area contributed by atoms with E-state index in [0.717, 1.165) is 25.7 Å². The van der Waals surface area contributed by atoms with Crippen molar-refractivity contribution in [2.24, 2.45) is 0 Å². The lowest BCUT2D eigenvalue weighted by Crippen LogP contribution is -2.41. The predicted octanol–water partition coefficient (Wildman–Crippen LogP) is 2.29. The molecule has 6 nitrogen and oxygen atoms in total. The number of hydrogen-bond acceptors (Lipinski definition) is 4. The van der Waals surface area contributed by atoms with Crippen molar-refractivity contribution in [2.45, 2.75) is 64.1 Å². The van der Waals surface area contributed by atoms with Gasteiger partial charge in [0.1, 0.15) is 5.60 Å². The highest BCUT2D eigenvalue weighted by molar-refractivity contribution is 5.68. The molecule has 0 saturated heterocycles. The minimum Gasteiger partial charge on any atom is -0.444 e. The lowest BCUT2D eigenvalue weighted by Gasteiger charge is -2.29. The number of ether oxygens (including phenoxy) is 1. The molecule has 1 N–H and O–H groups in total. The maximum Gasteiger partial charge on any atom is 0.407 e. The van der Waals surface area contributed by atoms with Crippen molar-refractivity contribution in [2.75, 3.05) is 0 Å². The van der Waals surface area contributed by atoms with Gasteiger partial charge in [0.05, 0.1) is 13.6 Å². The summed E-state index contributed by atoms with van der Waals surface area (Å²) in [6, 6.07) is 0.429. The summed E-state index contributed by atoms with van der Waals surface area (Å²) < 4.78 is 14.4. The van der Waals surface area contributed by atoms with Gasteiger partial charge < -0.3 is 10.1 Å². The van der Waals surface area contributed by atoms with Crippen LogP contribution < -0.4 is 5.32 Å². The number of hydrogen-bond donors (Lipinski definition) is 1. The van der Waals surface area contributed by atoms with Crippen molar-refractivity contribution >= 4 is 6.09 Å². The van der Waals surface area contributed by atoms with E-state index in [1.54, 1.807) is 10.9 Å². The van der Waals surface area contributed by atoms with Gasteiger partial charge >= 0.3 is 6.09 Å². The Labute approximate surface area is 114 Å². The lowest BCUT2D eigenvalue weighted by atomic mass is 9.91. The van der Waals surface area contributed by atoms with Crippen molar-refractivity contribution in [3.63, 3.8) is 0 Å². The molecule has 0 atom stereocenters. The summed E-state index contributed by atoms with van der Waals surface area (Å²) in [5.74, 6) is 0. The zero-order chi connectivity index (χ0) is 14.8. The van der Waals surface area contributed by atoms with Crippen LogP contribution in [0.3, 0.4) is 0 Å². The first-order valence-corrected chi connectivity index (χ1v) is 6.71. The quantitative estimate of drug-likeness (QED) is 0.893. The molecule has 1 aliphatic carbocycles. The van der Waals surface area contributed by atoms with Gasteiger partial charge in [0.25, 0.3) is 0 Å². The zero-order valence-electron chi connectivity index (χ0n) is 12.7. The summed E-state index contributed by atoms with van der Waals surface area (Å²) in [7, 11) is 0. The summed E-state index contributed by atoms with van der Waals surface area (Å²) in [5.41, 5.74) is -0.466. The summed E-state index contributed by atoms with van der Waals surface area (Å²) in [4.78, 5) is 11.7. The second-order valence-corrected chi connectivity index (χ2v) is 5.98. The van der Waals surface area contributed by atoms with Crippen molar-refractivity contribution in [3.05, 3.63) is 12.4 Å². The molecule has 6 heteroatoms. The van der Waals surface area contributed by atoms with E-state index in [-0.39, 0.29) is 24.3 Å². The molecule has 0 aromatic carbocycles. The smallest absolute Gasteiger partial charge is 0.407 e. The van der Waals surface area contributed by atoms with Crippen LogP contribution in [0.2, 0.25) is 0 Å². The molecule has 106 valence electrons. The highest BCUT2D eigenvalue weighted by Crippen LogP contribution is 2.27. The van der Waals surface area contributed by atoms with Gasteiger partial charge in [-0.05, 0) is 46.5 Å². The molecular formula is C13H22N4O2. The third kappa shape index (κ3) is 4.22. The van der Waals surface area contributed by atoms with Gasteiger partial charge in [0, 0.05) is 12.2 Å². The number of rotatable bonds is 2. The van der Waals surface area contributed by atoms with Crippen molar-refractivity contribution in [3.8, 4) is 0 Å². The topological polar surface area (TPSA) is 69.0 Å². The van der Waals surface area contributed by atoms with Crippen LogP contribution in [-0.4, -0.2) is 32.7 Å². The zero-order valence-corrected chi connectivity index (χ0v) is 11.7. The first-order valence-electron chi connectivity index (χ1n) is 7.21. The minimum absolute atomic E-state index is 0.153. The molecule has 0 radical (unpaired) electrons. The second-order valence-electron chi connectivity index (χ2n) is 5.98. The van der Waals surface area contributed by atoms with Gasteiger partial charge in [0.15, 0.2) is 0 Å². The predicted molar refractivity (Wildman–Crippen MR) is 70.7 cm³/mol. The van der Waals surface area contributed by atoms with Crippen LogP contribution >= 0.6 is 0 Å². The molecule has 0 aliphatic heterocycles. The standard InChI is InChI=1S/C13H22N4O2/c1-13(2,3)19-12(18)15-10-4-6-11(7-5-10)17-9-8-14-16-17/h8-11H,4-7H2,1-3H3,(H,15,18)/i8T. The van der Waals surface area contributed by atoms with Crippen molar-refractivity contribution < 1.29 is 10.9 Å². The summed E-state index contributed by atoms with van der Waals surface area (Å²) in [6.45, 7) is 5.56. The summed E-state index contributed by atoms with van der Waals surface area (Å²) >= 11 is 0. The van der Waals surface area contributed by atoms with Gasteiger partial charge in [-0.3, -0.25) is 0 Å². The molecule has 0 spiro atoms. The Kier molecular flexibility index (Phi) is 3.66. The Morgan fingerprint density at radius 2 is 2.11 bits per heavy atom. The van der Waals surface area contributed by atoms with Crippen LogP contribution in [0.5, 0.6) is 0 Å². The number of nitrogens with zero attached hydrogens (tertiary/aromatic N) is 3. The largest absolute Gasteiger partial charge is 0.444 e. The molecule has 1 heterocycles. The Morgan fingerprint density at radius 1 is 1.42 bits per heavy atom. The molecule has 1 aliphatic rings. The fourth-order valence-electron chi connectivity index (χ4n) is 2.33. The van der Waals surface area contributed by atoms with E-state index in [4.69, 9.17) is 6.11 Å². The van der Waals surface area contributed by atoms with Gasteiger partial charge in [-0.2, -0.15) is 0 Å². The molecule has 1 aromatic heterocycles. The molecule has 0 unspecified atom stereocenters. The SMILES string of the molecule is [3H]c1cn(C2CCC(NC(=O)OC(C)(C)C)CC2)nn1. The molecule has 1 aromatic rings. The van der Waals surface area contributed by atoms with E-state index < -0.39 is 5.60 Å². The Balaban J connectivity index is 1.78. The molecule has 2 rings (SSSR count). The number of carbonyl (C=O) groups excluding carboxylic acids is 1. The van der Waals surface area contributed by atoms with Crippen LogP contribution in [-0.2, 0) is 4.74 Å². The van der Waals surface area contributed by atoms with E-state index in [9.17, 15) is 4.79 Å². The number of nitrogens with one attached hydrogen (secondary N) is 1. The van der Waals surface area contributed by atoms with E-state index in [1.165, 1.54) is 0 Å². The van der Waals surface area contributed by atoms with E-state index in [2.05, 4.69) is 15.6 Å². The number of alkyl carbamates (subject to hydrolysis) is 1. The third-order valence-electron chi connectivity index (χ3n) is 3.19. The van der Waals surface area contributed by atoms with E-state index >= 15 is 0 Å². The average molecular weight is 268 g/mol. The normalized spacial score (nSPS) is 24.7. The first-order chi connectivity index (χ1) is 9.33. The number of amides is 1. The van der Waals surface area contributed by atoms with Crippen LogP contribution in [0.4, 0.5) is 4.79 Å². The maximum absolute atomic E-state index is 11.7. The van der Waals surface area contributed by atoms with Crippen LogP contribution in [0.1, 0.15) is 53.9 Å². The summed E-state index contributed by atoms with van der Waals surface area (Å²) in [5, 5.41) is 10.5. The molecule has 19 heavy (non-hydrogen) atoms.